The molecule has 0 fully saturated rings. The Balaban J connectivity index is 1.69. The van der Waals surface area contributed by atoms with Gasteiger partial charge in [-0.3, -0.25) is 9.59 Å². The molecule has 0 saturated heterocycles. The van der Waals surface area contributed by atoms with Gasteiger partial charge in [0.05, 0.1) is 5.69 Å². The number of carbonyl (C=O) groups excluding carboxylic acids is 2. The molecule has 2 aromatic rings. The van der Waals surface area contributed by atoms with E-state index in [2.05, 4.69) is 10.6 Å². The van der Waals surface area contributed by atoms with E-state index in [4.69, 9.17) is 0 Å². The summed E-state index contributed by atoms with van der Waals surface area (Å²) in [5, 5.41) is 14.9. The summed E-state index contributed by atoms with van der Waals surface area (Å²) in [6.45, 7) is 0.419. The monoisotopic (exact) mass is 298 g/mol. The number of hydrogen-bond donors (Lipinski definition) is 3. The van der Waals surface area contributed by atoms with Crippen molar-refractivity contribution in [3.05, 3.63) is 60.2 Å². The van der Waals surface area contributed by atoms with Crippen molar-refractivity contribution in [3.63, 3.8) is 0 Å². The van der Waals surface area contributed by atoms with Gasteiger partial charge in [0.1, 0.15) is 5.75 Å². The minimum absolute atomic E-state index is 0.0354. The zero-order valence-corrected chi connectivity index (χ0v) is 12.1. The van der Waals surface area contributed by atoms with Gasteiger partial charge in [-0.25, -0.2) is 0 Å². The number of amides is 2. The fourth-order valence-electron chi connectivity index (χ4n) is 1.93. The third-order valence-corrected chi connectivity index (χ3v) is 3.08. The van der Waals surface area contributed by atoms with Crippen LogP contribution in [0.3, 0.4) is 0 Å². The number of para-hydroxylation sites is 2. The molecular weight excluding hydrogens is 280 g/mol. The van der Waals surface area contributed by atoms with Crippen LogP contribution < -0.4 is 10.6 Å². The summed E-state index contributed by atoms with van der Waals surface area (Å²) in [6.07, 6.45) is 0.793. The largest absolute Gasteiger partial charge is 0.506 e. The van der Waals surface area contributed by atoms with Crippen LogP contribution in [-0.4, -0.2) is 23.5 Å². The lowest BCUT2D eigenvalue weighted by Crippen LogP contribution is -2.25. The van der Waals surface area contributed by atoms with E-state index in [0.29, 0.717) is 24.2 Å². The lowest BCUT2D eigenvalue weighted by atomic mass is 10.2. The van der Waals surface area contributed by atoms with Gasteiger partial charge in [0.15, 0.2) is 0 Å². The molecule has 0 atom stereocenters. The second-order valence-electron chi connectivity index (χ2n) is 4.79. The van der Waals surface area contributed by atoms with Gasteiger partial charge in [-0.1, -0.05) is 30.3 Å². The van der Waals surface area contributed by atoms with Gasteiger partial charge in [0.2, 0.25) is 5.91 Å². The fourth-order valence-corrected chi connectivity index (χ4v) is 1.93. The number of anilines is 1. The highest BCUT2D eigenvalue weighted by molar-refractivity contribution is 5.94. The first-order valence-electron chi connectivity index (χ1n) is 7.08. The van der Waals surface area contributed by atoms with Gasteiger partial charge < -0.3 is 15.7 Å². The first-order chi connectivity index (χ1) is 10.7. The Morgan fingerprint density at radius 2 is 1.64 bits per heavy atom. The van der Waals surface area contributed by atoms with Crippen molar-refractivity contribution in [2.75, 3.05) is 11.9 Å². The number of phenolic OH excluding ortho intramolecular Hbond substituents is 1. The van der Waals surface area contributed by atoms with Crippen molar-refractivity contribution in [1.29, 1.82) is 0 Å². The summed E-state index contributed by atoms with van der Waals surface area (Å²) >= 11 is 0. The van der Waals surface area contributed by atoms with Gasteiger partial charge in [0.25, 0.3) is 5.91 Å². The number of hydrogen-bond acceptors (Lipinski definition) is 3. The first-order valence-corrected chi connectivity index (χ1v) is 7.08. The molecule has 114 valence electrons. The maximum Gasteiger partial charge on any atom is 0.251 e. The molecule has 5 heteroatoms. The van der Waals surface area contributed by atoms with E-state index < -0.39 is 0 Å². The number of benzene rings is 2. The molecule has 0 heterocycles. The zero-order chi connectivity index (χ0) is 15.8. The number of phenols is 1. The van der Waals surface area contributed by atoms with Gasteiger partial charge in [-0.2, -0.15) is 0 Å². The summed E-state index contributed by atoms with van der Waals surface area (Å²) in [4.78, 5) is 23.5. The van der Waals surface area contributed by atoms with Crippen molar-refractivity contribution in [2.24, 2.45) is 0 Å². The topological polar surface area (TPSA) is 78.4 Å². The highest BCUT2D eigenvalue weighted by Crippen LogP contribution is 2.21. The lowest BCUT2D eigenvalue weighted by molar-refractivity contribution is -0.116. The average molecular weight is 298 g/mol. The summed E-state index contributed by atoms with van der Waals surface area (Å²) < 4.78 is 0. The van der Waals surface area contributed by atoms with Crippen molar-refractivity contribution in [1.82, 2.24) is 5.32 Å². The van der Waals surface area contributed by atoms with Crippen LogP contribution in [0.5, 0.6) is 5.75 Å². The Morgan fingerprint density at radius 1 is 0.955 bits per heavy atom. The quantitative estimate of drug-likeness (QED) is 0.566. The maximum atomic E-state index is 11.8. The minimum Gasteiger partial charge on any atom is -0.506 e. The molecule has 0 unspecified atom stereocenters. The Kier molecular flexibility index (Phi) is 5.54. The highest BCUT2D eigenvalue weighted by atomic mass is 16.3. The molecule has 22 heavy (non-hydrogen) atoms. The van der Waals surface area contributed by atoms with Crippen LogP contribution in [-0.2, 0) is 4.79 Å². The van der Waals surface area contributed by atoms with Gasteiger partial charge in [-0.05, 0) is 30.7 Å². The third-order valence-electron chi connectivity index (χ3n) is 3.08. The minimum atomic E-state index is -0.199. The molecule has 3 N–H and O–H groups in total. The van der Waals surface area contributed by atoms with Crippen LogP contribution >= 0.6 is 0 Å². The first kappa shape index (κ1) is 15.6. The average Bonchev–Trinajstić information content (AvgIpc) is 2.54. The van der Waals surface area contributed by atoms with Crippen LogP contribution in [0.25, 0.3) is 0 Å². The SMILES string of the molecule is O=C(CCCNC(=O)c1ccccc1)Nc1ccccc1O. The number of nitrogens with one attached hydrogen (secondary N) is 2. The third kappa shape index (κ3) is 4.63. The Hall–Kier alpha value is -2.82. The Morgan fingerprint density at radius 3 is 2.36 bits per heavy atom. The molecule has 0 aliphatic heterocycles. The molecule has 0 aliphatic carbocycles. The van der Waals surface area contributed by atoms with Crippen LogP contribution in [0.1, 0.15) is 23.2 Å². The van der Waals surface area contributed by atoms with Crippen LogP contribution in [0.15, 0.2) is 54.6 Å². The van der Waals surface area contributed by atoms with E-state index >= 15 is 0 Å². The van der Waals surface area contributed by atoms with Crippen LogP contribution in [0.4, 0.5) is 5.69 Å². The number of rotatable bonds is 6. The summed E-state index contributed by atoms with van der Waals surface area (Å²) in [5.41, 5.74) is 0.988. The summed E-state index contributed by atoms with van der Waals surface area (Å²) in [5.74, 6) is -0.314. The molecule has 0 radical (unpaired) electrons. The van der Waals surface area contributed by atoms with Crippen molar-refractivity contribution >= 4 is 17.5 Å². The maximum absolute atomic E-state index is 11.8. The predicted octanol–water partition coefficient (Wildman–Crippen LogP) is 2.54. The molecule has 2 rings (SSSR count). The van der Waals surface area contributed by atoms with Gasteiger partial charge in [-0.15, -0.1) is 0 Å². The van der Waals surface area contributed by atoms with Crippen LogP contribution in [0.2, 0.25) is 0 Å². The lowest BCUT2D eigenvalue weighted by Gasteiger charge is -2.07. The molecule has 0 aliphatic rings. The molecule has 2 amide bonds. The van der Waals surface area contributed by atoms with Crippen LogP contribution in [0, 0.1) is 0 Å². The normalized spacial score (nSPS) is 10.0. The Bertz CT molecular complexity index is 641. The molecule has 0 saturated carbocycles. The van der Waals surface area contributed by atoms with E-state index in [1.165, 1.54) is 6.07 Å². The number of aromatic hydroxyl groups is 1. The fraction of sp³-hybridized carbons (Fsp3) is 0.176. The predicted molar refractivity (Wildman–Crippen MR) is 84.7 cm³/mol. The molecule has 2 aromatic carbocycles. The van der Waals surface area contributed by atoms with E-state index in [1.54, 1.807) is 42.5 Å². The van der Waals surface area contributed by atoms with Gasteiger partial charge >= 0.3 is 0 Å². The standard InChI is InChI=1S/C17H18N2O3/c20-15-10-5-4-9-14(15)19-16(21)11-6-12-18-17(22)13-7-2-1-3-8-13/h1-5,7-10,20H,6,11-12H2,(H,18,22)(H,19,21). The van der Waals surface area contributed by atoms with E-state index in [-0.39, 0.29) is 24.0 Å². The van der Waals surface area contributed by atoms with Gasteiger partial charge in [0, 0.05) is 18.5 Å². The van der Waals surface area contributed by atoms with E-state index in [9.17, 15) is 14.7 Å². The molecular formula is C17H18N2O3. The molecule has 5 nitrogen and oxygen atoms in total. The van der Waals surface area contributed by atoms with E-state index in [0.717, 1.165) is 0 Å². The van der Waals surface area contributed by atoms with E-state index in [1.807, 2.05) is 6.07 Å². The number of carbonyl (C=O) groups is 2. The molecule has 0 bridgehead atoms. The summed E-state index contributed by atoms with van der Waals surface area (Å²) in [6, 6.07) is 15.5. The highest BCUT2D eigenvalue weighted by Gasteiger charge is 2.07. The second-order valence-corrected chi connectivity index (χ2v) is 4.79. The second kappa shape index (κ2) is 7.83. The Labute approximate surface area is 129 Å². The molecule has 0 aromatic heterocycles. The summed E-state index contributed by atoms with van der Waals surface area (Å²) in [7, 11) is 0. The van der Waals surface area contributed by atoms with Crippen molar-refractivity contribution in [3.8, 4) is 5.75 Å². The molecule has 0 spiro atoms. The van der Waals surface area contributed by atoms with Crippen molar-refractivity contribution < 1.29 is 14.7 Å². The smallest absolute Gasteiger partial charge is 0.251 e. The van der Waals surface area contributed by atoms with Crippen molar-refractivity contribution in [2.45, 2.75) is 12.8 Å². The zero-order valence-electron chi connectivity index (χ0n) is 12.1.